The van der Waals surface area contributed by atoms with E-state index in [4.69, 9.17) is 0 Å². The van der Waals surface area contributed by atoms with Gasteiger partial charge in [0, 0.05) is 27.5 Å². The van der Waals surface area contributed by atoms with E-state index in [1.165, 1.54) is 16.6 Å². The normalized spacial score (nSPS) is 11.2. The molecule has 2 heterocycles. The minimum Gasteiger partial charge on any atom is -0.325 e. The molecule has 0 spiro atoms. The molecular formula is C21H26N4OS2. The second-order valence-corrected chi connectivity index (χ2v) is 9.02. The number of benzene rings is 1. The van der Waals surface area contributed by atoms with Crippen molar-refractivity contribution in [3.05, 3.63) is 45.6 Å². The molecule has 7 heteroatoms. The number of nitrogens with zero attached hydrogens (tertiary/aromatic N) is 3. The van der Waals surface area contributed by atoms with E-state index in [2.05, 4.69) is 52.3 Å². The molecule has 0 unspecified atom stereocenters. The molecule has 1 aromatic carbocycles. The smallest absolute Gasteiger partial charge is 0.234 e. The van der Waals surface area contributed by atoms with Crippen molar-refractivity contribution < 1.29 is 4.79 Å². The number of carbonyl (C=O) groups excluding carboxylic acids is 1. The molecule has 0 aliphatic rings. The van der Waals surface area contributed by atoms with Gasteiger partial charge < -0.3 is 5.32 Å². The molecular weight excluding hydrogens is 388 g/mol. The van der Waals surface area contributed by atoms with E-state index < -0.39 is 0 Å². The molecule has 0 fully saturated rings. The highest BCUT2D eigenvalue weighted by atomic mass is 32.2. The predicted molar refractivity (Wildman–Crippen MR) is 118 cm³/mol. The molecule has 0 aliphatic heterocycles. The third-order valence-corrected chi connectivity index (χ3v) is 6.47. The highest BCUT2D eigenvalue weighted by Gasteiger charge is 2.19. The predicted octanol–water partition coefficient (Wildman–Crippen LogP) is 5.50. The third kappa shape index (κ3) is 4.64. The number of aryl methyl sites for hydroxylation is 3. The lowest BCUT2D eigenvalue weighted by Crippen LogP contribution is -2.15. The number of anilines is 1. The van der Waals surface area contributed by atoms with E-state index in [9.17, 15) is 4.79 Å². The molecule has 148 valence electrons. The van der Waals surface area contributed by atoms with Crippen molar-refractivity contribution in [2.24, 2.45) is 0 Å². The highest BCUT2D eigenvalue weighted by Crippen LogP contribution is 2.30. The molecule has 1 N–H and O–H groups in total. The summed E-state index contributed by atoms with van der Waals surface area (Å²) in [5.41, 5.74) is 4.14. The Kier molecular flexibility index (Phi) is 6.57. The topological polar surface area (TPSA) is 59.8 Å². The Morgan fingerprint density at radius 3 is 2.71 bits per heavy atom. The Morgan fingerprint density at radius 1 is 1.25 bits per heavy atom. The molecule has 0 bridgehead atoms. The van der Waals surface area contributed by atoms with E-state index in [-0.39, 0.29) is 11.9 Å². The summed E-state index contributed by atoms with van der Waals surface area (Å²) in [5, 5.41) is 14.7. The van der Waals surface area contributed by atoms with Crippen LogP contribution in [0.5, 0.6) is 0 Å². The summed E-state index contributed by atoms with van der Waals surface area (Å²) in [5.74, 6) is 1.12. The monoisotopic (exact) mass is 414 g/mol. The largest absolute Gasteiger partial charge is 0.325 e. The summed E-state index contributed by atoms with van der Waals surface area (Å²) >= 11 is 3.17. The SMILES string of the molecule is CCc1cc(-c2nnc(SCC(=O)Nc3cc(C)ccc3C)n2C(C)C)cs1. The molecule has 0 aliphatic carbocycles. The number of thiophene rings is 1. The van der Waals surface area contributed by atoms with Crippen LogP contribution in [0.15, 0.2) is 34.8 Å². The molecule has 1 amide bonds. The van der Waals surface area contributed by atoms with Crippen molar-refractivity contribution in [3.8, 4) is 11.4 Å². The van der Waals surface area contributed by atoms with E-state index >= 15 is 0 Å². The summed E-state index contributed by atoms with van der Waals surface area (Å²) in [7, 11) is 0. The number of amides is 1. The quantitative estimate of drug-likeness (QED) is 0.519. The lowest BCUT2D eigenvalue weighted by Gasteiger charge is -2.13. The van der Waals surface area contributed by atoms with E-state index in [1.54, 1.807) is 11.3 Å². The van der Waals surface area contributed by atoms with Crippen LogP contribution in [0.2, 0.25) is 0 Å². The number of aromatic nitrogens is 3. The van der Waals surface area contributed by atoms with Crippen molar-refractivity contribution in [2.75, 3.05) is 11.1 Å². The molecule has 0 atom stereocenters. The maximum atomic E-state index is 12.5. The molecule has 0 saturated heterocycles. The first kappa shape index (κ1) is 20.6. The highest BCUT2D eigenvalue weighted by molar-refractivity contribution is 7.99. The second kappa shape index (κ2) is 8.92. The Labute approximate surface area is 174 Å². The van der Waals surface area contributed by atoms with Crippen molar-refractivity contribution in [1.29, 1.82) is 0 Å². The number of carbonyl (C=O) groups is 1. The van der Waals surface area contributed by atoms with Crippen LogP contribution in [-0.2, 0) is 11.2 Å². The summed E-state index contributed by atoms with van der Waals surface area (Å²) in [6, 6.07) is 8.44. The van der Waals surface area contributed by atoms with Gasteiger partial charge in [-0.25, -0.2) is 0 Å². The summed E-state index contributed by atoms with van der Waals surface area (Å²) in [4.78, 5) is 13.8. The fraction of sp³-hybridized carbons (Fsp3) is 0.381. The van der Waals surface area contributed by atoms with Crippen molar-refractivity contribution in [1.82, 2.24) is 14.8 Å². The van der Waals surface area contributed by atoms with Crippen molar-refractivity contribution >= 4 is 34.7 Å². The van der Waals surface area contributed by atoms with E-state index in [0.29, 0.717) is 5.75 Å². The molecule has 0 radical (unpaired) electrons. The van der Waals surface area contributed by atoms with Gasteiger partial charge in [0.1, 0.15) is 0 Å². The van der Waals surface area contributed by atoms with E-state index in [1.807, 2.05) is 32.0 Å². The molecule has 5 nitrogen and oxygen atoms in total. The van der Waals surface area contributed by atoms with Crippen LogP contribution in [0.3, 0.4) is 0 Å². The first-order chi connectivity index (χ1) is 13.4. The molecule has 3 rings (SSSR count). The summed E-state index contributed by atoms with van der Waals surface area (Å²) < 4.78 is 2.11. The lowest BCUT2D eigenvalue weighted by atomic mass is 10.1. The van der Waals surface area contributed by atoms with Crippen LogP contribution in [0, 0.1) is 13.8 Å². The average molecular weight is 415 g/mol. The summed E-state index contributed by atoms with van der Waals surface area (Å²) in [6.45, 7) is 10.4. The van der Waals surface area contributed by atoms with Crippen LogP contribution in [0.4, 0.5) is 5.69 Å². The molecule has 3 aromatic rings. The van der Waals surface area contributed by atoms with Gasteiger partial charge in [0.15, 0.2) is 11.0 Å². The van der Waals surface area contributed by atoms with Gasteiger partial charge in [-0.3, -0.25) is 9.36 Å². The number of hydrogen-bond acceptors (Lipinski definition) is 5. The van der Waals surface area contributed by atoms with E-state index in [0.717, 1.165) is 39.8 Å². The minimum atomic E-state index is -0.0395. The van der Waals surface area contributed by atoms with Gasteiger partial charge in [-0.05, 0) is 57.4 Å². The summed E-state index contributed by atoms with van der Waals surface area (Å²) in [6.07, 6.45) is 1.01. The Hall–Kier alpha value is -2.12. The molecule has 0 saturated carbocycles. The molecule has 2 aromatic heterocycles. The number of thioether (sulfide) groups is 1. The first-order valence-electron chi connectivity index (χ1n) is 9.41. The van der Waals surface area contributed by atoms with Gasteiger partial charge in [-0.1, -0.05) is 30.8 Å². The van der Waals surface area contributed by atoms with Crippen molar-refractivity contribution in [3.63, 3.8) is 0 Å². The number of nitrogens with one attached hydrogen (secondary N) is 1. The van der Waals surface area contributed by atoms with Crippen LogP contribution in [-0.4, -0.2) is 26.4 Å². The second-order valence-electron chi connectivity index (χ2n) is 7.08. The number of rotatable bonds is 7. The standard InChI is InChI=1S/C21H26N4OS2/c1-6-17-10-16(11-27-17)20-23-24-21(25(20)13(2)3)28-12-19(26)22-18-9-14(4)7-8-15(18)5/h7-11,13H,6,12H2,1-5H3,(H,22,26). The van der Waals surface area contributed by atoms with Crippen LogP contribution in [0.25, 0.3) is 11.4 Å². The van der Waals surface area contributed by atoms with Crippen molar-refractivity contribution in [2.45, 2.75) is 52.2 Å². The Balaban J connectivity index is 1.73. The maximum absolute atomic E-state index is 12.5. The van der Waals surface area contributed by atoms with Crippen LogP contribution in [0.1, 0.15) is 42.8 Å². The van der Waals surface area contributed by atoms with Gasteiger partial charge in [-0.15, -0.1) is 21.5 Å². The maximum Gasteiger partial charge on any atom is 0.234 e. The first-order valence-corrected chi connectivity index (χ1v) is 11.3. The Morgan fingerprint density at radius 2 is 2.04 bits per heavy atom. The van der Waals surface area contributed by atoms with Crippen LogP contribution >= 0.6 is 23.1 Å². The minimum absolute atomic E-state index is 0.0395. The molecule has 28 heavy (non-hydrogen) atoms. The van der Waals surface area contributed by atoms with Gasteiger partial charge in [0.25, 0.3) is 0 Å². The zero-order valence-corrected chi connectivity index (χ0v) is 18.6. The van der Waals surface area contributed by atoms with Gasteiger partial charge in [-0.2, -0.15) is 0 Å². The van der Waals surface area contributed by atoms with Crippen LogP contribution < -0.4 is 5.32 Å². The fourth-order valence-electron chi connectivity index (χ4n) is 2.91. The zero-order valence-electron chi connectivity index (χ0n) is 16.9. The number of hydrogen-bond donors (Lipinski definition) is 1. The third-order valence-electron chi connectivity index (χ3n) is 4.44. The van der Waals surface area contributed by atoms with Gasteiger partial charge in [0.2, 0.25) is 5.91 Å². The zero-order chi connectivity index (χ0) is 20.3. The van der Waals surface area contributed by atoms with Gasteiger partial charge >= 0.3 is 0 Å². The Bertz CT molecular complexity index is 975. The lowest BCUT2D eigenvalue weighted by molar-refractivity contribution is -0.113. The fourth-order valence-corrected chi connectivity index (χ4v) is 4.59. The van der Waals surface area contributed by atoms with Gasteiger partial charge in [0.05, 0.1) is 5.75 Å². The average Bonchev–Trinajstić information content (AvgIpc) is 3.29.